The maximum absolute atomic E-state index is 6.72. The van der Waals surface area contributed by atoms with Crippen molar-refractivity contribution in [1.82, 2.24) is 9.97 Å². The van der Waals surface area contributed by atoms with Gasteiger partial charge in [0.15, 0.2) is 5.82 Å². The van der Waals surface area contributed by atoms with E-state index < -0.39 is 0 Å². The second kappa shape index (κ2) is 11.9. The maximum atomic E-state index is 6.72. The largest absolute Gasteiger partial charge is 0.456 e. The summed E-state index contributed by atoms with van der Waals surface area (Å²) in [6.45, 7) is 0. The molecule has 0 spiro atoms. The van der Waals surface area contributed by atoms with Crippen LogP contribution in [0.2, 0.25) is 0 Å². The number of nitrogens with zero attached hydrogens (tertiary/aromatic N) is 2. The van der Waals surface area contributed by atoms with E-state index in [1.807, 2.05) is 36.4 Å². The van der Waals surface area contributed by atoms with Crippen LogP contribution in [-0.2, 0) is 0 Å². The van der Waals surface area contributed by atoms with Crippen LogP contribution >= 0.6 is 0 Å². The fourth-order valence-corrected chi connectivity index (χ4v) is 7.54. The van der Waals surface area contributed by atoms with Crippen molar-refractivity contribution < 1.29 is 4.42 Å². The molecule has 0 bridgehead atoms. The summed E-state index contributed by atoms with van der Waals surface area (Å²) in [5, 5.41) is 6.96. The fraction of sp³-hybridized carbons (Fsp3) is 0. The van der Waals surface area contributed by atoms with Crippen LogP contribution < -0.4 is 0 Å². The van der Waals surface area contributed by atoms with E-state index in [1.54, 1.807) is 0 Å². The third kappa shape index (κ3) is 4.90. The number of aromatic nitrogens is 2. The summed E-state index contributed by atoms with van der Waals surface area (Å²) in [7, 11) is 0. The summed E-state index contributed by atoms with van der Waals surface area (Å²) in [5.74, 6) is 0.682. The highest BCUT2D eigenvalue weighted by Gasteiger charge is 2.25. The lowest BCUT2D eigenvalue weighted by atomic mass is 9.87. The fourth-order valence-electron chi connectivity index (χ4n) is 7.54. The van der Waals surface area contributed by atoms with Crippen molar-refractivity contribution in [2.45, 2.75) is 0 Å². The highest BCUT2D eigenvalue weighted by molar-refractivity contribution is 6.18. The van der Waals surface area contributed by atoms with Crippen LogP contribution in [0.1, 0.15) is 0 Å². The van der Waals surface area contributed by atoms with Crippen LogP contribution in [0.15, 0.2) is 186 Å². The summed E-state index contributed by atoms with van der Waals surface area (Å²) in [5.41, 5.74) is 10.6. The standard InChI is InChI=1S/C48H30N2O/c1-4-16-31(17-5-1)46-45(47(32-18-6-2-7-19-32)50-48(49-46)33-20-8-3-9-21-33)41-29-35(30-43-44(41)39-26-14-15-27-42(39)51-43)40-28-34-22-10-11-23-36(34)37-24-12-13-25-38(37)40/h1-30H. The molecule has 0 radical (unpaired) electrons. The first kappa shape index (κ1) is 29.1. The highest BCUT2D eigenvalue weighted by Crippen LogP contribution is 2.47. The Hall–Kier alpha value is -6.84. The van der Waals surface area contributed by atoms with E-state index in [4.69, 9.17) is 14.4 Å². The number of para-hydroxylation sites is 1. The zero-order valence-corrected chi connectivity index (χ0v) is 27.6. The first-order chi connectivity index (χ1) is 25.3. The van der Waals surface area contributed by atoms with Crippen LogP contribution in [0.3, 0.4) is 0 Å². The molecular weight excluding hydrogens is 621 g/mol. The molecule has 8 aromatic carbocycles. The number of furan rings is 1. The van der Waals surface area contributed by atoms with Crippen molar-refractivity contribution in [3.05, 3.63) is 182 Å². The van der Waals surface area contributed by atoms with E-state index in [1.165, 1.54) is 21.5 Å². The molecule has 0 amide bonds. The second-order valence-electron chi connectivity index (χ2n) is 12.9. The molecule has 0 atom stereocenters. The lowest BCUT2D eigenvalue weighted by Gasteiger charge is -2.19. The summed E-state index contributed by atoms with van der Waals surface area (Å²) in [6, 6.07) is 63.7. The molecule has 0 unspecified atom stereocenters. The van der Waals surface area contributed by atoms with Gasteiger partial charge in [-0.15, -0.1) is 0 Å². The smallest absolute Gasteiger partial charge is 0.160 e. The van der Waals surface area contributed by atoms with Gasteiger partial charge in [0.05, 0.1) is 11.4 Å². The average Bonchev–Trinajstić information content (AvgIpc) is 3.59. The molecule has 0 aliphatic carbocycles. The molecule has 238 valence electrons. The van der Waals surface area contributed by atoms with Gasteiger partial charge in [0.25, 0.3) is 0 Å². The summed E-state index contributed by atoms with van der Waals surface area (Å²) in [4.78, 5) is 10.8. The molecule has 3 heteroatoms. The minimum Gasteiger partial charge on any atom is -0.456 e. The third-order valence-electron chi connectivity index (χ3n) is 9.86. The number of rotatable bonds is 5. The minimum atomic E-state index is 0.682. The quantitative estimate of drug-likeness (QED) is 0.174. The van der Waals surface area contributed by atoms with E-state index in [0.717, 1.165) is 72.3 Å². The van der Waals surface area contributed by atoms with Gasteiger partial charge >= 0.3 is 0 Å². The molecule has 10 aromatic rings. The lowest BCUT2D eigenvalue weighted by Crippen LogP contribution is -2.01. The molecular formula is C48H30N2O. The number of benzene rings is 8. The Labute approximate surface area is 295 Å². The Morgan fingerprint density at radius 1 is 0.353 bits per heavy atom. The minimum absolute atomic E-state index is 0.682. The van der Waals surface area contributed by atoms with E-state index in [9.17, 15) is 0 Å². The van der Waals surface area contributed by atoms with Crippen molar-refractivity contribution in [1.29, 1.82) is 0 Å². The number of hydrogen-bond acceptors (Lipinski definition) is 3. The summed E-state index contributed by atoms with van der Waals surface area (Å²) >= 11 is 0. The Kier molecular flexibility index (Phi) is 6.81. The number of fused-ring (bicyclic) bond motifs is 6. The van der Waals surface area contributed by atoms with Crippen LogP contribution in [0.5, 0.6) is 0 Å². The van der Waals surface area contributed by atoms with Crippen LogP contribution in [-0.4, -0.2) is 9.97 Å². The van der Waals surface area contributed by atoms with E-state index >= 15 is 0 Å². The van der Waals surface area contributed by atoms with Gasteiger partial charge < -0.3 is 4.42 Å². The van der Waals surface area contributed by atoms with Crippen LogP contribution in [0.25, 0.3) is 99.6 Å². The predicted molar refractivity (Wildman–Crippen MR) is 212 cm³/mol. The van der Waals surface area contributed by atoms with Gasteiger partial charge in [0.1, 0.15) is 11.2 Å². The van der Waals surface area contributed by atoms with Gasteiger partial charge in [-0.1, -0.05) is 158 Å². The molecule has 0 aliphatic rings. The molecule has 0 aliphatic heterocycles. The van der Waals surface area contributed by atoms with Gasteiger partial charge in [-0.2, -0.15) is 0 Å². The molecule has 2 heterocycles. The molecule has 0 N–H and O–H groups in total. The highest BCUT2D eigenvalue weighted by atomic mass is 16.3. The molecule has 10 rings (SSSR count). The Morgan fingerprint density at radius 3 is 1.55 bits per heavy atom. The first-order valence-electron chi connectivity index (χ1n) is 17.2. The third-order valence-corrected chi connectivity index (χ3v) is 9.86. The van der Waals surface area contributed by atoms with Crippen LogP contribution in [0, 0.1) is 0 Å². The first-order valence-corrected chi connectivity index (χ1v) is 17.2. The van der Waals surface area contributed by atoms with E-state index in [2.05, 4.69) is 146 Å². The molecule has 0 fully saturated rings. The zero-order valence-electron chi connectivity index (χ0n) is 27.6. The monoisotopic (exact) mass is 650 g/mol. The number of hydrogen-bond donors (Lipinski definition) is 0. The molecule has 3 nitrogen and oxygen atoms in total. The topological polar surface area (TPSA) is 38.9 Å². The van der Waals surface area contributed by atoms with E-state index in [0.29, 0.717) is 5.82 Å². The SMILES string of the molecule is c1ccc(-c2nc(-c3ccccc3)c(-c3cc(-c4cc5ccccc5c5ccccc45)cc4oc5ccccc5c34)c(-c3ccccc3)n2)cc1. The van der Waals surface area contributed by atoms with Gasteiger partial charge in [0.2, 0.25) is 0 Å². The molecule has 51 heavy (non-hydrogen) atoms. The Balaban J connectivity index is 1.38. The van der Waals surface area contributed by atoms with Gasteiger partial charge in [-0.25, -0.2) is 9.97 Å². The van der Waals surface area contributed by atoms with Gasteiger partial charge in [-0.3, -0.25) is 0 Å². The van der Waals surface area contributed by atoms with Crippen molar-refractivity contribution in [3.8, 4) is 56.2 Å². The second-order valence-corrected chi connectivity index (χ2v) is 12.9. The van der Waals surface area contributed by atoms with Crippen molar-refractivity contribution >= 4 is 43.5 Å². The molecule has 0 saturated carbocycles. The summed E-state index contributed by atoms with van der Waals surface area (Å²) in [6.07, 6.45) is 0. The van der Waals surface area contributed by atoms with Crippen LogP contribution in [0.4, 0.5) is 0 Å². The van der Waals surface area contributed by atoms with Gasteiger partial charge in [0, 0.05) is 33.0 Å². The Bertz CT molecular complexity index is 2830. The molecule has 0 saturated heterocycles. The predicted octanol–water partition coefficient (Wildman–Crippen LogP) is 13.0. The lowest BCUT2D eigenvalue weighted by molar-refractivity contribution is 0.669. The van der Waals surface area contributed by atoms with Crippen molar-refractivity contribution in [2.75, 3.05) is 0 Å². The zero-order chi connectivity index (χ0) is 33.7. The van der Waals surface area contributed by atoms with Crippen molar-refractivity contribution in [2.24, 2.45) is 0 Å². The average molecular weight is 651 g/mol. The maximum Gasteiger partial charge on any atom is 0.160 e. The van der Waals surface area contributed by atoms with Gasteiger partial charge in [-0.05, 0) is 62.5 Å². The van der Waals surface area contributed by atoms with Crippen molar-refractivity contribution in [3.63, 3.8) is 0 Å². The summed E-state index contributed by atoms with van der Waals surface area (Å²) < 4.78 is 6.72. The van der Waals surface area contributed by atoms with E-state index in [-0.39, 0.29) is 0 Å². The Morgan fingerprint density at radius 2 is 0.882 bits per heavy atom. The molecule has 2 aromatic heterocycles. The normalized spacial score (nSPS) is 11.5.